The van der Waals surface area contributed by atoms with Gasteiger partial charge in [0.25, 0.3) is 0 Å². The van der Waals surface area contributed by atoms with Crippen LogP contribution in [0.3, 0.4) is 0 Å². The van der Waals surface area contributed by atoms with Gasteiger partial charge in [0, 0.05) is 9.79 Å². The molecule has 0 aliphatic heterocycles. The molecular weight excluding hydrogens is 208 g/mol. The minimum Gasteiger partial charge on any atom is -0.0622 e. The molecule has 2 rings (SSSR count). The lowest BCUT2D eigenvalue weighted by Gasteiger charge is -2.04. The predicted molar refractivity (Wildman–Crippen MR) is 64.1 cm³/mol. The van der Waals surface area contributed by atoms with Gasteiger partial charge in [0.05, 0.1) is 0 Å². The fraction of sp³-hybridized carbons (Fsp3) is 0. The van der Waals surface area contributed by atoms with E-state index in [0.717, 1.165) is 0 Å². The van der Waals surface area contributed by atoms with Crippen LogP contribution in [0.4, 0.5) is 0 Å². The highest BCUT2D eigenvalue weighted by Gasteiger charge is 1.99. The average molecular weight is 218 g/mol. The standard InChI is InChI=1S/C12H10S2/c13-14(11-7-3-1-4-8-11)12-9-5-2-6-10-12/h1-10H. The van der Waals surface area contributed by atoms with Crippen LogP contribution < -0.4 is 0 Å². The van der Waals surface area contributed by atoms with E-state index in [2.05, 4.69) is 24.3 Å². The summed E-state index contributed by atoms with van der Waals surface area (Å²) in [6.07, 6.45) is 0. The molecule has 2 aromatic rings. The minimum atomic E-state index is -0.213. The Bertz CT molecular complexity index is 379. The molecule has 14 heavy (non-hydrogen) atoms. The lowest BCUT2D eigenvalue weighted by Crippen LogP contribution is -1.89. The van der Waals surface area contributed by atoms with Gasteiger partial charge in [-0.2, -0.15) is 0 Å². The zero-order valence-electron chi connectivity index (χ0n) is 7.59. The van der Waals surface area contributed by atoms with Crippen molar-refractivity contribution in [1.29, 1.82) is 0 Å². The van der Waals surface area contributed by atoms with Gasteiger partial charge in [-0.25, -0.2) is 0 Å². The number of benzene rings is 2. The van der Waals surface area contributed by atoms with Gasteiger partial charge in [-0.05, 0) is 35.5 Å². The molecule has 0 atom stereocenters. The van der Waals surface area contributed by atoms with E-state index in [1.165, 1.54) is 9.79 Å². The summed E-state index contributed by atoms with van der Waals surface area (Å²) < 4.78 is 0. The Kier molecular flexibility index (Phi) is 3.07. The van der Waals surface area contributed by atoms with E-state index in [1.807, 2.05) is 36.4 Å². The van der Waals surface area contributed by atoms with E-state index in [1.54, 1.807) is 0 Å². The van der Waals surface area contributed by atoms with Crippen LogP contribution >= 0.6 is 0 Å². The third kappa shape index (κ3) is 2.08. The quantitative estimate of drug-likeness (QED) is 0.746. The maximum Gasteiger partial charge on any atom is 0.0165 e. The van der Waals surface area contributed by atoms with Crippen molar-refractivity contribution in [1.82, 2.24) is 0 Å². The molecule has 0 aliphatic carbocycles. The SMILES string of the molecule is S=S(c1ccccc1)c1ccccc1. The first kappa shape index (κ1) is 9.56. The summed E-state index contributed by atoms with van der Waals surface area (Å²) >= 11 is 5.50. The Morgan fingerprint density at radius 3 is 1.36 bits per heavy atom. The normalized spacial score (nSPS) is 10.4. The van der Waals surface area contributed by atoms with Crippen LogP contribution in [0.25, 0.3) is 0 Å². The molecule has 70 valence electrons. The second kappa shape index (κ2) is 4.49. The van der Waals surface area contributed by atoms with E-state index >= 15 is 0 Å². The highest BCUT2D eigenvalue weighted by atomic mass is 32.8. The van der Waals surface area contributed by atoms with Crippen LogP contribution in [0, 0.1) is 0 Å². The second-order valence-electron chi connectivity index (χ2n) is 2.89. The van der Waals surface area contributed by atoms with Gasteiger partial charge in [0.2, 0.25) is 0 Å². The molecule has 0 bridgehead atoms. The zero-order chi connectivity index (χ0) is 9.80. The maximum atomic E-state index is 5.50. The highest BCUT2D eigenvalue weighted by molar-refractivity contribution is 8.28. The second-order valence-corrected chi connectivity index (χ2v) is 5.38. The molecule has 0 nitrogen and oxygen atoms in total. The number of hydrogen-bond acceptors (Lipinski definition) is 1. The molecule has 0 N–H and O–H groups in total. The summed E-state index contributed by atoms with van der Waals surface area (Å²) in [6.45, 7) is 0. The van der Waals surface area contributed by atoms with Crippen molar-refractivity contribution in [3.8, 4) is 0 Å². The Morgan fingerprint density at radius 2 is 1.00 bits per heavy atom. The summed E-state index contributed by atoms with van der Waals surface area (Å²) in [6, 6.07) is 20.5. The van der Waals surface area contributed by atoms with E-state index < -0.39 is 0 Å². The molecule has 0 saturated carbocycles. The molecule has 0 aromatic heterocycles. The number of rotatable bonds is 2. The number of hydrogen-bond donors (Lipinski definition) is 0. The minimum absolute atomic E-state index is 0.213. The van der Waals surface area contributed by atoms with E-state index in [9.17, 15) is 0 Å². The lowest BCUT2D eigenvalue weighted by atomic mass is 10.4. The summed E-state index contributed by atoms with van der Waals surface area (Å²) in [5.74, 6) is 0. The van der Waals surface area contributed by atoms with Gasteiger partial charge >= 0.3 is 0 Å². The molecular formula is C12H10S2. The monoisotopic (exact) mass is 218 g/mol. The molecule has 0 spiro atoms. The Hall–Kier alpha value is -0.990. The molecule has 0 amide bonds. The summed E-state index contributed by atoms with van der Waals surface area (Å²) in [7, 11) is -0.213. The summed E-state index contributed by atoms with van der Waals surface area (Å²) in [4.78, 5) is 2.43. The van der Waals surface area contributed by atoms with Crippen LogP contribution in [0.15, 0.2) is 70.5 Å². The van der Waals surface area contributed by atoms with E-state index in [0.29, 0.717) is 0 Å². The Labute approximate surface area is 91.2 Å². The first-order valence-corrected chi connectivity index (χ1v) is 6.55. The van der Waals surface area contributed by atoms with Crippen LogP contribution in [0.2, 0.25) is 0 Å². The van der Waals surface area contributed by atoms with Gasteiger partial charge in [-0.3, -0.25) is 0 Å². The Morgan fingerprint density at radius 1 is 0.643 bits per heavy atom. The van der Waals surface area contributed by atoms with Crippen molar-refractivity contribution in [2.75, 3.05) is 0 Å². The van der Waals surface area contributed by atoms with Crippen molar-refractivity contribution >= 4 is 20.6 Å². The molecule has 0 unspecified atom stereocenters. The van der Waals surface area contributed by atoms with Gasteiger partial charge in [-0.15, -0.1) is 0 Å². The van der Waals surface area contributed by atoms with Crippen molar-refractivity contribution in [3.63, 3.8) is 0 Å². The Balaban J connectivity index is 2.35. The zero-order valence-corrected chi connectivity index (χ0v) is 9.22. The fourth-order valence-electron chi connectivity index (χ4n) is 1.22. The third-order valence-electron chi connectivity index (χ3n) is 1.91. The maximum absolute atomic E-state index is 5.50. The molecule has 0 fully saturated rings. The van der Waals surface area contributed by atoms with Gasteiger partial charge in [0.1, 0.15) is 0 Å². The molecule has 2 aromatic carbocycles. The van der Waals surface area contributed by atoms with Crippen molar-refractivity contribution in [2.24, 2.45) is 0 Å². The van der Waals surface area contributed by atoms with Crippen molar-refractivity contribution in [3.05, 3.63) is 60.7 Å². The molecule has 0 saturated heterocycles. The van der Waals surface area contributed by atoms with Gasteiger partial charge in [0.15, 0.2) is 0 Å². The molecule has 0 aliphatic rings. The largest absolute Gasteiger partial charge is 0.0622 e. The van der Waals surface area contributed by atoms with E-state index in [-0.39, 0.29) is 9.45 Å². The smallest absolute Gasteiger partial charge is 0.0165 e. The lowest BCUT2D eigenvalue weighted by molar-refractivity contribution is 1.40. The highest BCUT2D eigenvalue weighted by Crippen LogP contribution is 2.15. The third-order valence-corrected chi connectivity index (χ3v) is 4.47. The van der Waals surface area contributed by atoms with Crippen molar-refractivity contribution < 1.29 is 0 Å². The topological polar surface area (TPSA) is 0 Å². The first-order chi connectivity index (χ1) is 6.88. The predicted octanol–water partition coefficient (Wildman–Crippen LogP) is 3.18. The fourth-order valence-corrected chi connectivity index (χ4v) is 2.97. The van der Waals surface area contributed by atoms with Crippen LogP contribution in [0.5, 0.6) is 0 Å². The van der Waals surface area contributed by atoms with Crippen molar-refractivity contribution in [2.45, 2.75) is 9.79 Å². The van der Waals surface area contributed by atoms with E-state index in [4.69, 9.17) is 11.2 Å². The first-order valence-electron chi connectivity index (χ1n) is 4.40. The van der Waals surface area contributed by atoms with Crippen LogP contribution in [-0.4, -0.2) is 0 Å². The summed E-state index contributed by atoms with van der Waals surface area (Å²) in [5.41, 5.74) is 0. The van der Waals surface area contributed by atoms with Crippen LogP contribution in [-0.2, 0) is 20.6 Å². The summed E-state index contributed by atoms with van der Waals surface area (Å²) in [5, 5.41) is 0. The average Bonchev–Trinajstić information content (AvgIpc) is 2.30. The van der Waals surface area contributed by atoms with Gasteiger partial charge in [-0.1, -0.05) is 45.9 Å². The molecule has 2 heteroatoms. The molecule has 0 radical (unpaired) electrons. The van der Waals surface area contributed by atoms with Gasteiger partial charge < -0.3 is 0 Å². The molecule has 0 heterocycles. The van der Waals surface area contributed by atoms with Crippen LogP contribution in [0.1, 0.15) is 0 Å².